The number of rotatable bonds is 4. The minimum Gasteiger partial charge on any atom is -0.363 e. The summed E-state index contributed by atoms with van der Waals surface area (Å²) in [5, 5.41) is 0. The van der Waals surface area contributed by atoms with Crippen LogP contribution in [0.3, 0.4) is 0 Å². The molecule has 1 aliphatic rings. The molecule has 0 radical (unpaired) electrons. The molecule has 0 aromatic heterocycles. The lowest BCUT2D eigenvalue weighted by Crippen LogP contribution is -2.39. The second-order valence-electron chi connectivity index (χ2n) is 5.07. The van der Waals surface area contributed by atoms with Gasteiger partial charge < -0.3 is 4.74 Å². The molecule has 0 N–H and O–H groups in total. The van der Waals surface area contributed by atoms with Gasteiger partial charge in [-0.2, -0.15) is 0 Å². The molecule has 1 saturated heterocycles. The van der Waals surface area contributed by atoms with E-state index in [1.165, 1.54) is 25.9 Å². The normalized spacial score (nSPS) is 24.9. The van der Waals surface area contributed by atoms with Crippen LogP contribution < -0.4 is 0 Å². The van der Waals surface area contributed by atoms with E-state index in [0.29, 0.717) is 6.10 Å². The fourth-order valence-corrected chi connectivity index (χ4v) is 2.01. The molecule has 1 atom stereocenters. The van der Waals surface area contributed by atoms with Gasteiger partial charge in [0.05, 0.1) is 12.8 Å². The Morgan fingerprint density at radius 3 is 2.57 bits per heavy atom. The lowest BCUT2D eigenvalue weighted by molar-refractivity contribution is -0.0271. The van der Waals surface area contributed by atoms with Crippen LogP contribution >= 0.6 is 0 Å². The summed E-state index contributed by atoms with van der Waals surface area (Å²) in [7, 11) is 0. The van der Waals surface area contributed by atoms with Gasteiger partial charge in [0.15, 0.2) is 0 Å². The fraction of sp³-hybridized carbons (Fsp3) is 1.00. The van der Waals surface area contributed by atoms with E-state index >= 15 is 0 Å². The standard InChI is InChI=1S/C12H25NO/c1-10(2)12-6-5-7-13(8-12)9-14-11(3)4/h10-12H,5-9H2,1-4H3. The van der Waals surface area contributed by atoms with E-state index in [2.05, 4.69) is 32.6 Å². The molecule has 1 aliphatic heterocycles. The van der Waals surface area contributed by atoms with E-state index in [4.69, 9.17) is 4.74 Å². The van der Waals surface area contributed by atoms with Crippen LogP contribution in [0.25, 0.3) is 0 Å². The largest absolute Gasteiger partial charge is 0.363 e. The first-order chi connectivity index (χ1) is 6.59. The van der Waals surface area contributed by atoms with E-state index in [1.807, 2.05) is 0 Å². The molecule has 2 nitrogen and oxygen atoms in total. The summed E-state index contributed by atoms with van der Waals surface area (Å²) in [6.07, 6.45) is 3.09. The predicted molar refractivity (Wildman–Crippen MR) is 60.2 cm³/mol. The Morgan fingerprint density at radius 2 is 2.00 bits per heavy atom. The Morgan fingerprint density at radius 1 is 1.29 bits per heavy atom. The van der Waals surface area contributed by atoms with Crippen LogP contribution in [-0.2, 0) is 4.74 Å². The molecule has 1 fully saturated rings. The van der Waals surface area contributed by atoms with Crippen LogP contribution in [0.15, 0.2) is 0 Å². The second-order valence-corrected chi connectivity index (χ2v) is 5.07. The molecular formula is C12H25NO. The smallest absolute Gasteiger partial charge is 0.0993 e. The van der Waals surface area contributed by atoms with Crippen molar-refractivity contribution < 1.29 is 4.74 Å². The topological polar surface area (TPSA) is 12.5 Å². The zero-order valence-corrected chi connectivity index (χ0v) is 10.1. The van der Waals surface area contributed by atoms with Gasteiger partial charge in [-0.15, -0.1) is 0 Å². The van der Waals surface area contributed by atoms with Crippen molar-refractivity contribution in [3.05, 3.63) is 0 Å². The van der Waals surface area contributed by atoms with E-state index in [-0.39, 0.29) is 0 Å². The van der Waals surface area contributed by atoms with Crippen molar-refractivity contribution >= 4 is 0 Å². The quantitative estimate of drug-likeness (QED) is 0.690. The number of likely N-dealkylation sites (tertiary alicyclic amines) is 1. The zero-order chi connectivity index (χ0) is 10.6. The maximum Gasteiger partial charge on any atom is 0.0993 e. The summed E-state index contributed by atoms with van der Waals surface area (Å²) in [6, 6.07) is 0. The number of ether oxygens (including phenoxy) is 1. The third-order valence-electron chi connectivity index (χ3n) is 3.08. The first-order valence-corrected chi connectivity index (χ1v) is 5.93. The van der Waals surface area contributed by atoms with Crippen LogP contribution in [0.5, 0.6) is 0 Å². The minimum absolute atomic E-state index is 0.356. The van der Waals surface area contributed by atoms with Gasteiger partial charge in [0, 0.05) is 13.1 Å². The van der Waals surface area contributed by atoms with Gasteiger partial charge >= 0.3 is 0 Å². The van der Waals surface area contributed by atoms with Crippen molar-refractivity contribution in [1.82, 2.24) is 4.90 Å². The van der Waals surface area contributed by atoms with Crippen LogP contribution in [-0.4, -0.2) is 30.8 Å². The van der Waals surface area contributed by atoms with Gasteiger partial charge in [0.2, 0.25) is 0 Å². The molecule has 1 rings (SSSR count). The SMILES string of the molecule is CC(C)OCN1CCCC(C(C)C)C1. The Balaban J connectivity index is 2.25. The van der Waals surface area contributed by atoms with Crippen molar-refractivity contribution in [2.24, 2.45) is 11.8 Å². The molecule has 2 heteroatoms. The number of piperidine rings is 1. The fourth-order valence-electron chi connectivity index (χ4n) is 2.01. The maximum absolute atomic E-state index is 5.64. The van der Waals surface area contributed by atoms with Crippen LogP contribution in [0, 0.1) is 11.8 Å². The Bertz CT molecular complexity index is 156. The molecule has 0 aromatic carbocycles. The van der Waals surface area contributed by atoms with Gasteiger partial charge in [-0.05, 0) is 38.5 Å². The highest BCUT2D eigenvalue weighted by atomic mass is 16.5. The van der Waals surface area contributed by atoms with E-state index in [1.54, 1.807) is 0 Å². The van der Waals surface area contributed by atoms with Gasteiger partial charge in [0.25, 0.3) is 0 Å². The summed E-state index contributed by atoms with van der Waals surface area (Å²) < 4.78 is 5.64. The highest BCUT2D eigenvalue weighted by Gasteiger charge is 2.22. The third kappa shape index (κ3) is 3.97. The van der Waals surface area contributed by atoms with E-state index in [9.17, 15) is 0 Å². The molecule has 0 saturated carbocycles. The van der Waals surface area contributed by atoms with Crippen molar-refractivity contribution in [2.45, 2.75) is 46.6 Å². The molecule has 0 aromatic rings. The average Bonchev–Trinajstić information content (AvgIpc) is 2.15. The highest BCUT2D eigenvalue weighted by molar-refractivity contribution is 4.73. The molecular weight excluding hydrogens is 174 g/mol. The summed E-state index contributed by atoms with van der Waals surface area (Å²) in [4.78, 5) is 2.45. The predicted octanol–water partition coefficient (Wildman–Crippen LogP) is 2.74. The van der Waals surface area contributed by atoms with Gasteiger partial charge in [-0.3, -0.25) is 4.90 Å². The monoisotopic (exact) mass is 199 g/mol. The Hall–Kier alpha value is -0.0800. The van der Waals surface area contributed by atoms with E-state index < -0.39 is 0 Å². The minimum atomic E-state index is 0.356. The lowest BCUT2D eigenvalue weighted by atomic mass is 9.88. The second kappa shape index (κ2) is 5.72. The maximum atomic E-state index is 5.64. The Kier molecular flexibility index (Phi) is 4.90. The van der Waals surface area contributed by atoms with Crippen LogP contribution in [0.2, 0.25) is 0 Å². The molecule has 0 amide bonds. The van der Waals surface area contributed by atoms with Gasteiger partial charge in [0.1, 0.15) is 0 Å². The molecule has 0 spiro atoms. The number of hydrogen-bond acceptors (Lipinski definition) is 2. The molecule has 0 bridgehead atoms. The highest BCUT2D eigenvalue weighted by Crippen LogP contribution is 2.23. The van der Waals surface area contributed by atoms with Crippen LogP contribution in [0.4, 0.5) is 0 Å². The van der Waals surface area contributed by atoms with Crippen molar-refractivity contribution in [2.75, 3.05) is 19.8 Å². The molecule has 1 unspecified atom stereocenters. The van der Waals surface area contributed by atoms with Gasteiger partial charge in [-0.1, -0.05) is 13.8 Å². The zero-order valence-electron chi connectivity index (χ0n) is 10.1. The van der Waals surface area contributed by atoms with E-state index in [0.717, 1.165) is 18.6 Å². The molecule has 14 heavy (non-hydrogen) atoms. The van der Waals surface area contributed by atoms with Crippen molar-refractivity contribution in [1.29, 1.82) is 0 Å². The number of hydrogen-bond donors (Lipinski definition) is 0. The summed E-state index contributed by atoms with van der Waals surface area (Å²) in [5.41, 5.74) is 0. The van der Waals surface area contributed by atoms with Gasteiger partial charge in [-0.25, -0.2) is 0 Å². The first-order valence-electron chi connectivity index (χ1n) is 5.93. The van der Waals surface area contributed by atoms with Crippen LogP contribution in [0.1, 0.15) is 40.5 Å². The molecule has 1 heterocycles. The lowest BCUT2D eigenvalue weighted by Gasteiger charge is -2.34. The summed E-state index contributed by atoms with van der Waals surface area (Å²) >= 11 is 0. The number of nitrogens with zero attached hydrogens (tertiary/aromatic N) is 1. The molecule has 84 valence electrons. The summed E-state index contributed by atoms with van der Waals surface area (Å²) in [5.74, 6) is 1.69. The van der Waals surface area contributed by atoms with Crippen molar-refractivity contribution in [3.63, 3.8) is 0 Å². The average molecular weight is 199 g/mol. The first kappa shape index (κ1) is 12.0. The van der Waals surface area contributed by atoms with Crippen molar-refractivity contribution in [3.8, 4) is 0 Å². The molecule has 0 aliphatic carbocycles. The summed E-state index contributed by atoms with van der Waals surface area (Å²) in [6.45, 7) is 12.1. The Labute approximate surface area is 88.6 Å². The third-order valence-corrected chi connectivity index (χ3v) is 3.08.